The van der Waals surface area contributed by atoms with E-state index in [1.807, 2.05) is 0 Å². The van der Waals surface area contributed by atoms with Gasteiger partial charge in [-0.1, -0.05) is 17.7 Å². The van der Waals surface area contributed by atoms with Crippen molar-refractivity contribution in [2.75, 3.05) is 12.8 Å². The predicted octanol–water partition coefficient (Wildman–Crippen LogP) is 1.24. The molecule has 1 rings (SSSR count). The van der Waals surface area contributed by atoms with E-state index in [9.17, 15) is 8.42 Å². The van der Waals surface area contributed by atoms with Crippen molar-refractivity contribution in [3.63, 3.8) is 0 Å². The highest BCUT2D eigenvalue weighted by Gasteiger charge is 2.14. The Kier molecular flexibility index (Phi) is 3.53. The molecule has 0 aliphatic carbocycles. The second-order valence-electron chi connectivity index (χ2n) is 3.03. The van der Waals surface area contributed by atoms with Gasteiger partial charge in [0.2, 0.25) is 0 Å². The summed E-state index contributed by atoms with van der Waals surface area (Å²) in [6, 6.07) is 4.84. The van der Waals surface area contributed by atoms with Crippen molar-refractivity contribution >= 4 is 21.4 Å². The summed E-state index contributed by atoms with van der Waals surface area (Å²) in [4.78, 5) is 0.274. The Labute approximate surface area is 88.8 Å². The van der Waals surface area contributed by atoms with Gasteiger partial charge < -0.3 is 5.73 Å². The summed E-state index contributed by atoms with van der Waals surface area (Å²) in [5, 5.41) is 0.457. The van der Waals surface area contributed by atoms with E-state index in [1.54, 1.807) is 18.2 Å². The van der Waals surface area contributed by atoms with E-state index in [0.717, 1.165) is 0 Å². The molecule has 0 spiro atoms. The molecule has 0 bridgehead atoms. The Hall–Kier alpha value is -0.580. The van der Waals surface area contributed by atoms with Gasteiger partial charge >= 0.3 is 0 Å². The molecule has 0 saturated heterocycles. The third-order valence-electron chi connectivity index (χ3n) is 1.87. The molecule has 0 unspecified atom stereocenters. The van der Waals surface area contributed by atoms with Crippen molar-refractivity contribution in [3.8, 4) is 0 Å². The number of hydrogen-bond acceptors (Lipinski definition) is 3. The van der Waals surface area contributed by atoms with Gasteiger partial charge in [-0.15, -0.1) is 0 Å². The molecule has 14 heavy (non-hydrogen) atoms. The van der Waals surface area contributed by atoms with Crippen LogP contribution in [0.2, 0.25) is 5.02 Å². The first-order valence-electron chi connectivity index (χ1n) is 4.14. The fourth-order valence-corrected chi connectivity index (χ4v) is 2.58. The molecule has 2 N–H and O–H groups in total. The quantitative estimate of drug-likeness (QED) is 0.855. The van der Waals surface area contributed by atoms with Gasteiger partial charge in [0.1, 0.15) is 0 Å². The molecular formula is C9H12ClNO2S. The van der Waals surface area contributed by atoms with Gasteiger partial charge in [0.15, 0.2) is 9.84 Å². The van der Waals surface area contributed by atoms with Crippen molar-refractivity contribution in [2.24, 2.45) is 5.73 Å². The van der Waals surface area contributed by atoms with Crippen molar-refractivity contribution in [1.29, 1.82) is 0 Å². The highest BCUT2D eigenvalue weighted by atomic mass is 35.5. The minimum absolute atomic E-state index is 0.274. The Morgan fingerprint density at radius 2 is 2.07 bits per heavy atom. The van der Waals surface area contributed by atoms with E-state index in [4.69, 9.17) is 17.3 Å². The standard InChI is InChI=1S/C9H12ClNO2S/c1-14(12,13)9-4-2-3-8(10)7(9)5-6-11/h2-4H,5-6,11H2,1H3. The number of halogens is 1. The predicted molar refractivity (Wildman–Crippen MR) is 57.3 cm³/mol. The monoisotopic (exact) mass is 233 g/mol. The third-order valence-corrected chi connectivity index (χ3v) is 3.41. The molecule has 0 atom stereocenters. The first-order valence-corrected chi connectivity index (χ1v) is 6.41. The van der Waals surface area contributed by atoms with Crippen LogP contribution >= 0.6 is 11.6 Å². The summed E-state index contributed by atoms with van der Waals surface area (Å²) in [5.74, 6) is 0. The van der Waals surface area contributed by atoms with Gasteiger partial charge in [-0.25, -0.2) is 8.42 Å². The SMILES string of the molecule is CS(=O)(=O)c1cccc(Cl)c1CCN. The summed E-state index contributed by atoms with van der Waals surface area (Å²) in [7, 11) is -3.22. The lowest BCUT2D eigenvalue weighted by Gasteiger charge is -2.08. The number of hydrogen-bond donors (Lipinski definition) is 1. The maximum absolute atomic E-state index is 11.4. The van der Waals surface area contributed by atoms with Crippen LogP contribution in [-0.4, -0.2) is 21.2 Å². The molecule has 0 aliphatic rings. The molecule has 0 fully saturated rings. The van der Waals surface area contributed by atoms with E-state index in [-0.39, 0.29) is 4.90 Å². The van der Waals surface area contributed by atoms with E-state index >= 15 is 0 Å². The zero-order valence-corrected chi connectivity index (χ0v) is 9.40. The number of nitrogens with two attached hydrogens (primary N) is 1. The molecule has 0 aliphatic heterocycles. The molecule has 0 aromatic heterocycles. The minimum atomic E-state index is -3.22. The second kappa shape index (κ2) is 4.29. The van der Waals surface area contributed by atoms with Crippen LogP contribution in [0.1, 0.15) is 5.56 Å². The highest BCUT2D eigenvalue weighted by molar-refractivity contribution is 7.90. The van der Waals surface area contributed by atoms with Crippen LogP contribution in [0.5, 0.6) is 0 Å². The molecule has 78 valence electrons. The van der Waals surface area contributed by atoms with E-state index in [1.165, 1.54) is 6.26 Å². The van der Waals surface area contributed by atoms with Crippen molar-refractivity contribution in [1.82, 2.24) is 0 Å². The van der Waals surface area contributed by atoms with Crippen LogP contribution in [0.25, 0.3) is 0 Å². The molecule has 1 aromatic carbocycles. The van der Waals surface area contributed by atoms with Crippen molar-refractivity contribution in [2.45, 2.75) is 11.3 Å². The fourth-order valence-electron chi connectivity index (χ4n) is 1.27. The Morgan fingerprint density at radius 1 is 1.43 bits per heavy atom. The normalized spacial score (nSPS) is 11.6. The average Bonchev–Trinajstić information content (AvgIpc) is 2.07. The van der Waals surface area contributed by atoms with Gasteiger partial charge in [-0.2, -0.15) is 0 Å². The second-order valence-corrected chi connectivity index (χ2v) is 5.42. The van der Waals surface area contributed by atoms with Gasteiger partial charge in [0.25, 0.3) is 0 Å². The summed E-state index contributed by atoms with van der Waals surface area (Å²) in [6.45, 7) is 0.381. The molecule has 0 saturated carbocycles. The van der Waals surface area contributed by atoms with Gasteiger partial charge in [0.05, 0.1) is 4.90 Å². The molecule has 5 heteroatoms. The third kappa shape index (κ3) is 2.47. The van der Waals surface area contributed by atoms with Gasteiger partial charge in [0, 0.05) is 11.3 Å². The van der Waals surface area contributed by atoms with Crippen LogP contribution in [0.4, 0.5) is 0 Å². The fraction of sp³-hybridized carbons (Fsp3) is 0.333. The van der Waals surface area contributed by atoms with Gasteiger partial charge in [-0.3, -0.25) is 0 Å². The van der Waals surface area contributed by atoms with E-state index < -0.39 is 9.84 Å². The van der Waals surface area contributed by atoms with Crippen LogP contribution in [0, 0.1) is 0 Å². The van der Waals surface area contributed by atoms with Gasteiger partial charge in [-0.05, 0) is 30.7 Å². The smallest absolute Gasteiger partial charge is 0.175 e. The van der Waals surface area contributed by atoms with Crippen LogP contribution in [0.3, 0.4) is 0 Å². The number of rotatable bonds is 3. The topological polar surface area (TPSA) is 60.2 Å². The molecule has 0 heterocycles. The van der Waals surface area contributed by atoms with Crippen molar-refractivity contribution < 1.29 is 8.42 Å². The summed E-state index contributed by atoms with van der Waals surface area (Å²) >= 11 is 5.89. The Morgan fingerprint density at radius 3 is 2.57 bits per heavy atom. The first-order chi connectivity index (χ1) is 6.46. The Balaban J connectivity index is 3.36. The first kappa shape index (κ1) is 11.5. The van der Waals surface area contributed by atoms with Crippen LogP contribution in [0.15, 0.2) is 23.1 Å². The molecule has 1 aromatic rings. The zero-order chi connectivity index (χ0) is 10.8. The lowest BCUT2D eigenvalue weighted by molar-refractivity contribution is 0.600. The highest BCUT2D eigenvalue weighted by Crippen LogP contribution is 2.23. The van der Waals surface area contributed by atoms with E-state index in [2.05, 4.69) is 0 Å². The lowest BCUT2D eigenvalue weighted by atomic mass is 10.1. The lowest BCUT2D eigenvalue weighted by Crippen LogP contribution is -2.08. The van der Waals surface area contributed by atoms with E-state index in [0.29, 0.717) is 23.6 Å². The maximum atomic E-state index is 11.4. The molecular weight excluding hydrogens is 222 g/mol. The number of benzene rings is 1. The summed E-state index contributed by atoms with van der Waals surface area (Å²) in [6.07, 6.45) is 1.64. The maximum Gasteiger partial charge on any atom is 0.175 e. The van der Waals surface area contributed by atoms with Crippen LogP contribution < -0.4 is 5.73 Å². The summed E-state index contributed by atoms with van der Waals surface area (Å²) < 4.78 is 22.8. The minimum Gasteiger partial charge on any atom is -0.330 e. The average molecular weight is 234 g/mol. The number of sulfone groups is 1. The van der Waals surface area contributed by atoms with Crippen LogP contribution in [-0.2, 0) is 16.3 Å². The summed E-state index contributed by atoms with van der Waals surface area (Å²) in [5.41, 5.74) is 6.00. The largest absolute Gasteiger partial charge is 0.330 e. The Bertz CT molecular complexity index is 428. The molecule has 0 amide bonds. The molecule has 0 radical (unpaired) electrons. The zero-order valence-electron chi connectivity index (χ0n) is 7.83. The van der Waals surface area contributed by atoms with Crippen molar-refractivity contribution in [3.05, 3.63) is 28.8 Å². The molecule has 3 nitrogen and oxygen atoms in total.